The molecule has 0 heterocycles. The minimum absolute atomic E-state index is 0.252. The van der Waals surface area contributed by atoms with Crippen LogP contribution in [0.25, 0.3) is 0 Å². The predicted molar refractivity (Wildman–Crippen MR) is 46.5 cm³/mol. The molecule has 0 atom stereocenters. The highest BCUT2D eigenvalue weighted by atomic mass is 16.7. The van der Waals surface area contributed by atoms with Gasteiger partial charge in [-0.05, 0) is 12.3 Å². The lowest BCUT2D eigenvalue weighted by molar-refractivity contribution is -0.160. The molecular formula is C7H13N3O2. The molecule has 0 aromatic heterocycles. The fourth-order valence-electron chi connectivity index (χ4n) is 0.577. The topological polar surface area (TPSA) is 67.9 Å². The molecule has 68 valence electrons. The van der Waals surface area contributed by atoms with Crippen LogP contribution in [0, 0.1) is 0 Å². The maximum absolute atomic E-state index is 11.3. The van der Waals surface area contributed by atoms with E-state index in [-0.39, 0.29) is 11.6 Å². The zero-order chi connectivity index (χ0) is 9.56. The van der Waals surface area contributed by atoms with E-state index in [0.717, 1.165) is 5.06 Å². The second-order valence-corrected chi connectivity index (χ2v) is 1.95. The summed E-state index contributed by atoms with van der Waals surface area (Å²) in [5.74, 6) is -0.332. The van der Waals surface area contributed by atoms with Gasteiger partial charge in [-0.1, -0.05) is 0 Å². The normalized spacial score (nSPS) is 12.1. The SMILES string of the molecule is CN=C(C=CN)C(=O)N(C)OC. The van der Waals surface area contributed by atoms with Crippen LogP contribution in [0.1, 0.15) is 0 Å². The van der Waals surface area contributed by atoms with Crippen molar-refractivity contribution in [2.45, 2.75) is 0 Å². The van der Waals surface area contributed by atoms with Gasteiger partial charge in [-0.2, -0.15) is 0 Å². The van der Waals surface area contributed by atoms with Crippen molar-refractivity contribution in [3.63, 3.8) is 0 Å². The fraction of sp³-hybridized carbons (Fsp3) is 0.429. The Labute approximate surface area is 71.5 Å². The van der Waals surface area contributed by atoms with E-state index in [0.29, 0.717) is 0 Å². The van der Waals surface area contributed by atoms with E-state index in [1.54, 1.807) is 0 Å². The van der Waals surface area contributed by atoms with Crippen LogP contribution in [-0.2, 0) is 9.63 Å². The van der Waals surface area contributed by atoms with Crippen molar-refractivity contribution in [2.24, 2.45) is 10.7 Å². The molecule has 0 fully saturated rings. The van der Waals surface area contributed by atoms with E-state index >= 15 is 0 Å². The van der Waals surface area contributed by atoms with Gasteiger partial charge in [0.1, 0.15) is 5.71 Å². The van der Waals surface area contributed by atoms with Crippen molar-refractivity contribution in [3.8, 4) is 0 Å². The zero-order valence-electron chi connectivity index (χ0n) is 7.44. The second kappa shape index (κ2) is 5.31. The fourth-order valence-corrected chi connectivity index (χ4v) is 0.577. The van der Waals surface area contributed by atoms with Crippen LogP contribution in [0.3, 0.4) is 0 Å². The highest BCUT2D eigenvalue weighted by Gasteiger charge is 2.12. The third kappa shape index (κ3) is 2.71. The molecule has 0 aromatic rings. The number of hydroxylamine groups is 2. The first kappa shape index (κ1) is 10.6. The molecule has 2 N–H and O–H groups in total. The van der Waals surface area contributed by atoms with Crippen molar-refractivity contribution >= 4 is 11.6 Å². The lowest BCUT2D eigenvalue weighted by atomic mass is 10.3. The number of carbonyl (C=O) groups is 1. The lowest BCUT2D eigenvalue weighted by Crippen LogP contribution is -2.31. The number of aliphatic imine (C=N–C) groups is 1. The molecule has 5 nitrogen and oxygen atoms in total. The Kier molecular flexibility index (Phi) is 4.71. The summed E-state index contributed by atoms with van der Waals surface area (Å²) in [6, 6.07) is 0. The number of rotatable bonds is 3. The summed E-state index contributed by atoms with van der Waals surface area (Å²) < 4.78 is 0. The minimum Gasteiger partial charge on any atom is -0.405 e. The molecule has 5 heteroatoms. The molecule has 0 radical (unpaired) electrons. The second-order valence-electron chi connectivity index (χ2n) is 1.95. The van der Waals surface area contributed by atoms with Gasteiger partial charge in [0.2, 0.25) is 0 Å². The first-order chi connectivity index (χ1) is 5.67. The van der Waals surface area contributed by atoms with Crippen molar-refractivity contribution in [1.29, 1.82) is 0 Å². The molecule has 12 heavy (non-hydrogen) atoms. The Bertz CT molecular complexity index is 211. The Morgan fingerprint density at radius 2 is 2.25 bits per heavy atom. The summed E-state index contributed by atoms with van der Waals surface area (Å²) >= 11 is 0. The van der Waals surface area contributed by atoms with Crippen LogP contribution in [-0.4, -0.2) is 37.9 Å². The molecule has 0 aromatic carbocycles. The first-order valence-electron chi connectivity index (χ1n) is 3.34. The van der Waals surface area contributed by atoms with Gasteiger partial charge in [0.15, 0.2) is 0 Å². The number of amides is 1. The minimum atomic E-state index is -0.332. The number of carbonyl (C=O) groups excluding carboxylic acids is 1. The van der Waals surface area contributed by atoms with E-state index < -0.39 is 0 Å². The van der Waals surface area contributed by atoms with E-state index in [4.69, 9.17) is 5.73 Å². The van der Waals surface area contributed by atoms with Crippen molar-refractivity contribution in [1.82, 2.24) is 5.06 Å². The maximum atomic E-state index is 11.3. The van der Waals surface area contributed by atoms with Gasteiger partial charge in [-0.25, -0.2) is 5.06 Å². The molecule has 0 unspecified atom stereocenters. The van der Waals surface area contributed by atoms with Crippen LogP contribution < -0.4 is 5.73 Å². The first-order valence-corrected chi connectivity index (χ1v) is 3.34. The number of hydrogen-bond acceptors (Lipinski definition) is 4. The van der Waals surface area contributed by atoms with E-state index in [1.165, 1.54) is 33.5 Å². The molecule has 0 saturated heterocycles. The van der Waals surface area contributed by atoms with Gasteiger partial charge < -0.3 is 5.73 Å². The van der Waals surface area contributed by atoms with E-state index in [9.17, 15) is 4.79 Å². The Hall–Kier alpha value is -1.36. The zero-order valence-corrected chi connectivity index (χ0v) is 7.44. The van der Waals surface area contributed by atoms with Crippen LogP contribution >= 0.6 is 0 Å². The molecule has 0 bridgehead atoms. The molecule has 0 spiro atoms. The third-order valence-electron chi connectivity index (χ3n) is 1.27. The number of hydrogen-bond donors (Lipinski definition) is 1. The van der Waals surface area contributed by atoms with Gasteiger partial charge in [0.05, 0.1) is 7.11 Å². The smallest absolute Gasteiger partial charge is 0.295 e. The van der Waals surface area contributed by atoms with Crippen LogP contribution in [0.4, 0.5) is 0 Å². The van der Waals surface area contributed by atoms with Gasteiger partial charge in [-0.15, -0.1) is 0 Å². The van der Waals surface area contributed by atoms with Crippen molar-refractivity contribution in [3.05, 3.63) is 12.3 Å². The third-order valence-corrected chi connectivity index (χ3v) is 1.27. The Morgan fingerprint density at radius 1 is 1.67 bits per heavy atom. The highest BCUT2D eigenvalue weighted by Crippen LogP contribution is 1.89. The molecule has 0 aliphatic carbocycles. The standard InChI is InChI=1S/C7H13N3O2/c1-9-6(4-5-8)7(11)10(2)12-3/h4-5H,8H2,1-3H3. The lowest BCUT2D eigenvalue weighted by Gasteiger charge is -2.12. The monoisotopic (exact) mass is 171 g/mol. The quantitative estimate of drug-likeness (QED) is 0.462. The largest absolute Gasteiger partial charge is 0.405 e. The molecule has 0 rings (SSSR count). The average Bonchev–Trinajstić information content (AvgIpc) is 2.11. The Balaban J connectivity index is 4.44. The molecular weight excluding hydrogens is 158 g/mol. The van der Waals surface area contributed by atoms with Crippen molar-refractivity contribution < 1.29 is 9.63 Å². The summed E-state index contributed by atoms with van der Waals surface area (Å²) in [5, 5.41) is 1.07. The van der Waals surface area contributed by atoms with Gasteiger partial charge in [0, 0.05) is 14.1 Å². The summed E-state index contributed by atoms with van der Waals surface area (Å²) in [4.78, 5) is 19.7. The summed E-state index contributed by atoms with van der Waals surface area (Å²) in [6.45, 7) is 0. The average molecular weight is 171 g/mol. The summed E-state index contributed by atoms with van der Waals surface area (Å²) in [6.07, 6.45) is 2.67. The summed E-state index contributed by atoms with van der Waals surface area (Å²) in [5.41, 5.74) is 5.36. The molecule has 0 saturated carbocycles. The Morgan fingerprint density at radius 3 is 2.58 bits per heavy atom. The molecule has 0 aliphatic rings. The van der Waals surface area contributed by atoms with Gasteiger partial charge in [-0.3, -0.25) is 14.6 Å². The van der Waals surface area contributed by atoms with Gasteiger partial charge >= 0.3 is 0 Å². The number of nitrogens with zero attached hydrogens (tertiary/aromatic N) is 2. The van der Waals surface area contributed by atoms with Gasteiger partial charge in [0.25, 0.3) is 5.91 Å². The molecule has 0 aliphatic heterocycles. The van der Waals surface area contributed by atoms with Crippen molar-refractivity contribution in [2.75, 3.05) is 21.2 Å². The van der Waals surface area contributed by atoms with E-state index in [2.05, 4.69) is 9.83 Å². The summed E-state index contributed by atoms with van der Waals surface area (Å²) in [7, 11) is 4.41. The maximum Gasteiger partial charge on any atom is 0.295 e. The van der Waals surface area contributed by atoms with E-state index in [1.807, 2.05) is 0 Å². The molecule has 1 amide bonds. The highest BCUT2D eigenvalue weighted by molar-refractivity contribution is 6.42. The van der Waals surface area contributed by atoms with Crippen LogP contribution in [0.15, 0.2) is 17.3 Å². The number of nitrogens with two attached hydrogens (primary N) is 1. The van der Waals surface area contributed by atoms with Crippen LogP contribution in [0.5, 0.6) is 0 Å². The predicted octanol–water partition coefficient (Wildman–Crippen LogP) is -0.451. The van der Waals surface area contributed by atoms with Crippen LogP contribution in [0.2, 0.25) is 0 Å².